The lowest BCUT2D eigenvalue weighted by Crippen LogP contribution is -2.02. The Morgan fingerprint density at radius 2 is 1.89 bits per heavy atom. The Bertz CT molecular complexity index is 717. The highest BCUT2D eigenvalue weighted by Gasteiger charge is 2.14. The third-order valence-electron chi connectivity index (χ3n) is 2.76. The molecule has 0 spiro atoms. The molecule has 0 unspecified atom stereocenters. The lowest BCUT2D eigenvalue weighted by Gasteiger charge is -2.00. The molecular formula is C12H10FN5. The van der Waals surface area contributed by atoms with Gasteiger partial charge in [-0.3, -0.25) is 0 Å². The summed E-state index contributed by atoms with van der Waals surface area (Å²) in [6.07, 6.45) is 1.39. The maximum atomic E-state index is 12.9. The summed E-state index contributed by atoms with van der Waals surface area (Å²) in [5.41, 5.74) is 8.81. The molecule has 0 aliphatic rings. The summed E-state index contributed by atoms with van der Waals surface area (Å²) < 4.78 is 14.4. The fraction of sp³-hybridized carbons (Fsp3) is 0.0833. The molecule has 0 atom stereocenters. The van der Waals surface area contributed by atoms with Crippen LogP contribution in [0.15, 0.2) is 30.6 Å². The van der Waals surface area contributed by atoms with Crippen molar-refractivity contribution in [1.29, 1.82) is 0 Å². The number of fused-ring (bicyclic) bond motifs is 1. The van der Waals surface area contributed by atoms with Crippen LogP contribution in [0, 0.1) is 12.7 Å². The van der Waals surface area contributed by atoms with Crippen LogP contribution in [0.2, 0.25) is 0 Å². The van der Waals surface area contributed by atoms with Crippen LogP contribution < -0.4 is 5.73 Å². The smallest absolute Gasteiger partial charge is 0.224 e. The fourth-order valence-electron chi connectivity index (χ4n) is 1.95. The molecule has 0 saturated heterocycles. The van der Waals surface area contributed by atoms with E-state index in [1.165, 1.54) is 23.0 Å². The first kappa shape index (κ1) is 10.6. The fourth-order valence-corrected chi connectivity index (χ4v) is 1.95. The molecule has 1 aromatic carbocycles. The standard InChI is InChI=1S/C12H10FN5/c1-7-10(8-2-4-9(13)5-3-8)11-15-6-16-12(14)18(11)17-7/h2-6H,1H3,(H2,14,15,16). The van der Waals surface area contributed by atoms with Crippen LogP contribution >= 0.6 is 0 Å². The van der Waals surface area contributed by atoms with Crippen LogP contribution in [0.25, 0.3) is 16.8 Å². The van der Waals surface area contributed by atoms with Crippen molar-refractivity contribution in [3.05, 3.63) is 42.1 Å². The van der Waals surface area contributed by atoms with Crippen molar-refractivity contribution >= 4 is 11.6 Å². The largest absolute Gasteiger partial charge is 0.368 e. The second-order valence-electron chi connectivity index (χ2n) is 3.93. The van der Waals surface area contributed by atoms with Gasteiger partial charge in [0, 0.05) is 5.56 Å². The lowest BCUT2D eigenvalue weighted by molar-refractivity contribution is 0.628. The number of hydrogen-bond acceptors (Lipinski definition) is 4. The number of rotatable bonds is 1. The van der Waals surface area contributed by atoms with Gasteiger partial charge >= 0.3 is 0 Å². The Hall–Kier alpha value is -2.50. The van der Waals surface area contributed by atoms with Gasteiger partial charge in [-0.25, -0.2) is 14.4 Å². The number of benzene rings is 1. The van der Waals surface area contributed by atoms with Gasteiger partial charge in [-0.1, -0.05) is 12.1 Å². The molecule has 18 heavy (non-hydrogen) atoms. The van der Waals surface area contributed by atoms with E-state index in [4.69, 9.17) is 5.73 Å². The van der Waals surface area contributed by atoms with E-state index >= 15 is 0 Å². The van der Waals surface area contributed by atoms with Crippen molar-refractivity contribution in [2.24, 2.45) is 0 Å². The Labute approximate surface area is 102 Å². The normalized spacial score (nSPS) is 11.0. The number of nitrogen functional groups attached to an aromatic ring is 1. The number of aromatic nitrogens is 4. The summed E-state index contributed by atoms with van der Waals surface area (Å²) in [7, 11) is 0. The zero-order valence-electron chi connectivity index (χ0n) is 9.63. The van der Waals surface area contributed by atoms with Gasteiger partial charge in [0.05, 0.1) is 5.69 Å². The van der Waals surface area contributed by atoms with Crippen molar-refractivity contribution in [1.82, 2.24) is 19.6 Å². The van der Waals surface area contributed by atoms with Gasteiger partial charge in [0.15, 0.2) is 5.65 Å². The molecule has 2 aromatic heterocycles. The SMILES string of the molecule is Cc1nn2c(N)ncnc2c1-c1ccc(F)cc1. The number of aryl methyl sites for hydroxylation is 1. The average molecular weight is 243 g/mol. The molecule has 0 radical (unpaired) electrons. The quantitative estimate of drug-likeness (QED) is 0.707. The monoisotopic (exact) mass is 243 g/mol. The second kappa shape index (κ2) is 3.76. The number of anilines is 1. The molecule has 2 N–H and O–H groups in total. The summed E-state index contributed by atoms with van der Waals surface area (Å²) in [6.45, 7) is 1.85. The molecule has 0 aliphatic heterocycles. The molecule has 0 aliphatic carbocycles. The van der Waals surface area contributed by atoms with E-state index in [1.807, 2.05) is 6.92 Å². The maximum absolute atomic E-state index is 12.9. The lowest BCUT2D eigenvalue weighted by atomic mass is 10.1. The van der Waals surface area contributed by atoms with Gasteiger partial charge < -0.3 is 5.73 Å². The summed E-state index contributed by atoms with van der Waals surface area (Å²) in [5, 5.41) is 4.28. The molecule has 5 nitrogen and oxygen atoms in total. The molecule has 90 valence electrons. The van der Waals surface area contributed by atoms with Gasteiger partial charge in [-0.2, -0.15) is 9.61 Å². The van der Waals surface area contributed by atoms with Gasteiger partial charge in [0.25, 0.3) is 0 Å². The third-order valence-corrected chi connectivity index (χ3v) is 2.76. The highest BCUT2D eigenvalue weighted by atomic mass is 19.1. The molecule has 3 aromatic rings. The van der Waals surface area contributed by atoms with Crippen LogP contribution in [0.5, 0.6) is 0 Å². The summed E-state index contributed by atoms with van der Waals surface area (Å²) in [4.78, 5) is 8.05. The predicted octanol–water partition coefficient (Wildman–Crippen LogP) is 1.82. The maximum Gasteiger partial charge on any atom is 0.224 e. The molecule has 3 rings (SSSR count). The van der Waals surface area contributed by atoms with Crippen molar-refractivity contribution in [2.75, 3.05) is 5.73 Å². The highest BCUT2D eigenvalue weighted by Crippen LogP contribution is 2.27. The number of nitrogens with zero attached hydrogens (tertiary/aromatic N) is 4. The summed E-state index contributed by atoms with van der Waals surface area (Å²) in [6, 6.07) is 6.20. The highest BCUT2D eigenvalue weighted by molar-refractivity contribution is 5.80. The van der Waals surface area contributed by atoms with Crippen molar-refractivity contribution in [3.8, 4) is 11.1 Å². The zero-order valence-corrected chi connectivity index (χ0v) is 9.63. The Morgan fingerprint density at radius 3 is 2.61 bits per heavy atom. The van der Waals surface area contributed by atoms with E-state index in [0.29, 0.717) is 5.65 Å². The summed E-state index contributed by atoms with van der Waals surface area (Å²) >= 11 is 0. The van der Waals surface area contributed by atoms with Crippen molar-refractivity contribution < 1.29 is 4.39 Å². The van der Waals surface area contributed by atoms with Crippen molar-refractivity contribution in [3.63, 3.8) is 0 Å². The molecular weight excluding hydrogens is 233 g/mol. The second-order valence-corrected chi connectivity index (χ2v) is 3.93. The van der Waals surface area contributed by atoms with Gasteiger partial charge in [-0.15, -0.1) is 0 Å². The number of hydrogen-bond donors (Lipinski definition) is 1. The Balaban J connectivity index is 2.32. The molecule has 0 bridgehead atoms. The minimum absolute atomic E-state index is 0.275. The summed E-state index contributed by atoms with van der Waals surface area (Å²) in [5.74, 6) is -0.00141. The average Bonchev–Trinajstić information content (AvgIpc) is 2.69. The zero-order chi connectivity index (χ0) is 12.7. The van der Waals surface area contributed by atoms with Crippen LogP contribution in [-0.4, -0.2) is 19.6 Å². The minimum Gasteiger partial charge on any atom is -0.368 e. The predicted molar refractivity (Wildman–Crippen MR) is 65.3 cm³/mol. The van der Waals surface area contributed by atoms with E-state index in [2.05, 4.69) is 15.1 Å². The van der Waals surface area contributed by atoms with E-state index in [1.54, 1.807) is 12.1 Å². The van der Waals surface area contributed by atoms with E-state index in [0.717, 1.165) is 16.8 Å². The van der Waals surface area contributed by atoms with Crippen LogP contribution in [0.3, 0.4) is 0 Å². The topological polar surface area (TPSA) is 69.1 Å². The number of nitrogens with two attached hydrogens (primary N) is 1. The first-order valence-electron chi connectivity index (χ1n) is 5.38. The van der Waals surface area contributed by atoms with Crippen LogP contribution in [0.4, 0.5) is 10.3 Å². The number of halogens is 1. The molecule has 0 amide bonds. The van der Waals surface area contributed by atoms with E-state index < -0.39 is 0 Å². The molecule has 2 heterocycles. The Kier molecular flexibility index (Phi) is 2.22. The first-order valence-corrected chi connectivity index (χ1v) is 5.38. The Morgan fingerprint density at radius 1 is 1.17 bits per heavy atom. The van der Waals surface area contributed by atoms with Crippen molar-refractivity contribution in [2.45, 2.75) is 6.92 Å². The first-order chi connectivity index (χ1) is 8.66. The van der Waals surface area contributed by atoms with Crippen LogP contribution in [-0.2, 0) is 0 Å². The van der Waals surface area contributed by atoms with Gasteiger partial charge in [0.2, 0.25) is 5.95 Å². The van der Waals surface area contributed by atoms with Gasteiger partial charge in [0.1, 0.15) is 12.1 Å². The molecule has 0 saturated carbocycles. The molecule has 0 fully saturated rings. The van der Waals surface area contributed by atoms with E-state index in [9.17, 15) is 4.39 Å². The third kappa shape index (κ3) is 1.50. The van der Waals surface area contributed by atoms with E-state index in [-0.39, 0.29) is 11.8 Å². The van der Waals surface area contributed by atoms with Crippen LogP contribution in [0.1, 0.15) is 5.69 Å². The molecule has 6 heteroatoms. The minimum atomic E-state index is -0.276. The van der Waals surface area contributed by atoms with Gasteiger partial charge in [-0.05, 0) is 24.6 Å².